The molecule has 1 aliphatic heterocycles. The summed E-state index contributed by atoms with van der Waals surface area (Å²) in [5.41, 5.74) is 0.217. The Labute approximate surface area is 176 Å². The zero-order valence-electron chi connectivity index (χ0n) is 17.5. The van der Waals surface area contributed by atoms with Crippen LogP contribution in [0.4, 0.5) is 4.39 Å². The van der Waals surface area contributed by atoms with Crippen LogP contribution in [0.2, 0.25) is 0 Å². The van der Waals surface area contributed by atoms with Gasteiger partial charge in [0.1, 0.15) is 11.6 Å². The van der Waals surface area contributed by atoms with E-state index in [0.29, 0.717) is 31.9 Å². The fraction of sp³-hybridized carbons (Fsp3) is 0.579. The number of benzene rings is 1. The standard InChI is InChI=1S/C18H28FN3O4S.CH2O2/c1-4-27(24,25)20-13-14(2)21-8-5-9-22(11-10-21)18(23)16-12-15(19)6-7-17(16)26-3;2-1-3/h6-7,12,14,20H,4-5,8-11,13H2,1-3H3;1H,(H,2,3). The van der Waals surface area contributed by atoms with Gasteiger partial charge in [-0.05, 0) is 38.5 Å². The van der Waals surface area contributed by atoms with Gasteiger partial charge in [-0.3, -0.25) is 14.5 Å². The molecule has 1 atom stereocenters. The van der Waals surface area contributed by atoms with Gasteiger partial charge in [0.05, 0.1) is 18.4 Å². The number of carbonyl (C=O) groups is 2. The first-order chi connectivity index (χ1) is 14.2. The monoisotopic (exact) mass is 447 g/mol. The summed E-state index contributed by atoms with van der Waals surface area (Å²) in [6.07, 6.45) is 0.758. The van der Waals surface area contributed by atoms with Gasteiger partial charge in [0.25, 0.3) is 12.4 Å². The minimum absolute atomic E-state index is 0.0186. The zero-order valence-corrected chi connectivity index (χ0v) is 18.3. The number of carboxylic acid groups (broad SMARTS) is 1. The van der Waals surface area contributed by atoms with E-state index in [9.17, 15) is 17.6 Å². The number of nitrogens with zero attached hydrogens (tertiary/aromatic N) is 2. The highest BCUT2D eigenvalue weighted by molar-refractivity contribution is 7.89. The largest absolute Gasteiger partial charge is 0.496 e. The van der Waals surface area contributed by atoms with Gasteiger partial charge in [0, 0.05) is 38.8 Å². The molecule has 0 spiro atoms. The molecule has 1 amide bonds. The van der Waals surface area contributed by atoms with Crippen LogP contribution < -0.4 is 9.46 Å². The number of nitrogens with one attached hydrogen (secondary N) is 1. The van der Waals surface area contributed by atoms with E-state index in [1.54, 1.807) is 11.8 Å². The maximum absolute atomic E-state index is 13.6. The van der Waals surface area contributed by atoms with Crippen molar-refractivity contribution in [3.8, 4) is 5.75 Å². The first-order valence-electron chi connectivity index (χ1n) is 9.61. The van der Waals surface area contributed by atoms with E-state index in [1.807, 2.05) is 6.92 Å². The lowest BCUT2D eigenvalue weighted by atomic mass is 10.1. The number of hydrogen-bond donors (Lipinski definition) is 2. The summed E-state index contributed by atoms with van der Waals surface area (Å²) in [5, 5.41) is 6.89. The number of ether oxygens (including phenoxy) is 1. The van der Waals surface area contributed by atoms with Gasteiger partial charge in [0.15, 0.2) is 0 Å². The molecule has 1 aromatic rings. The number of methoxy groups -OCH3 is 1. The Morgan fingerprint density at radius 3 is 2.60 bits per heavy atom. The summed E-state index contributed by atoms with van der Waals surface area (Å²) in [6.45, 7) is 6.08. The Bertz CT molecular complexity index is 805. The zero-order chi connectivity index (χ0) is 22.7. The Kier molecular flexibility index (Phi) is 10.7. The number of rotatable bonds is 7. The van der Waals surface area contributed by atoms with Crippen LogP contribution >= 0.6 is 0 Å². The van der Waals surface area contributed by atoms with Gasteiger partial charge in [-0.25, -0.2) is 17.5 Å². The molecule has 0 bridgehead atoms. The third kappa shape index (κ3) is 7.88. The van der Waals surface area contributed by atoms with Gasteiger partial charge in [0.2, 0.25) is 10.0 Å². The topological polar surface area (TPSA) is 116 Å². The summed E-state index contributed by atoms with van der Waals surface area (Å²) in [6, 6.07) is 3.93. The number of carbonyl (C=O) groups excluding carboxylic acids is 1. The summed E-state index contributed by atoms with van der Waals surface area (Å²) in [7, 11) is -1.77. The van der Waals surface area contributed by atoms with E-state index in [1.165, 1.54) is 25.3 Å². The highest BCUT2D eigenvalue weighted by Gasteiger charge is 2.25. The van der Waals surface area contributed by atoms with Crippen LogP contribution in [-0.2, 0) is 14.8 Å². The number of halogens is 1. The van der Waals surface area contributed by atoms with Crippen molar-refractivity contribution >= 4 is 22.4 Å². The number of amides is 1. The SMILES string of the molecule is CCS(=O)(=O)NCC(C)N1CCCN(C(=O)c2cc(F)ccc2OC)CC1.O=CO. The molecule has 1 heterocycles. The van der Waals surface area contributed by atoms with Crippen molar-refractivity contribution in [1.29, 1.82) is 0 Å². The molecule has 1 aliphatic rings. The predicted molar refractivity (Wildman–Crippen MR) is 111 cm³/mol. The second-order valence-corrected chi connectivity index (χ2v) is 8.83. The van der Waals surface area contributed by atoms with Crippen molar-refractivity contribution < 1.29 is 32.2 Å². The van der Waals surface area contributed by atoms with Crippen LogP contribution in [-0.4, -0.2) is 87.3 Å². The van der Waals surface area contributed by atoms with Crippen molar-refractivity contribution in [3.05, 3.63) is 29.6 Å². The third-order valence-electron chi connectivity index (χ3n) is 4.81. The van der Waals surface area contributed by atoms with Gasteiger partial charge >= 0.3 is 0 Å². The van der Waals surface area contributed by atoms with E-state index >= 15 is 0 Å². The van der Waals surface area contributed by atoms with Crippen LogP contribution in [0.1, 0.15) is 30.6 Å². The second kappa shape index (κ2) is 12.5. The molecule has 1 saturated heterocycles. The fourth-order valence-electron chi connectivity index (χ4n) is 3.08. The summed E-state index contributed by atoms with van der Waals surface area (Å²) >= 11 is 0. The maximum atomic E-state index is 13.6. The quantitative estimate of drug-likeness (QED) is 0.599. The molecule has 0 saturated carbocycles. The van der Waals surface area contributed by atoms with Crippen molar-refractivity contribution in [1.82, 2.24) is 14.5 Å². The first kappa shape index (κ1) is 25.8. The number of sulfonamides is 1. The highest BCUT2D eigenvalue weighted by Crippen LogP contribution is 2.22. The molecule has 1 unspecified atom stereocenters. The average molecular weight is 448 g/mol. The van der Waals surface area contributed by atoms with Crippen LogP contribution in [0.15, 0.2) is 18.2 Å². The summed E-state index contributed by atoms with van der Waals surface area (Å²) in [4.78, 5) is 25.0. The van der Waals surface area contributed by atoms with Crippen molar-refractivity contribution in [2.45, 2.75) is 26.3 Å². The molecule has 2 N–H and O–H groups in total. The van der Waals surface area contributed by atoms with Gasteiger partial charge in [-0.15, -0.1) is 0 Å². The molecular formula is C19H30FN3O6S. The molecule has 30 heavy (non-hydrogen) atoms. The van der Waals surface area contributed by atoms with Crippen LogP contribution in [0.25, 0.3) is 0 Å². The van der Waals surface area contributed by atoms with Crippen LogP contribution in [0, 0.1) is 5.82 Å². The van der Waals surface area contributed by atoms with Gasteiger partial charge in [-0.1, -0.05) is 0 Å². The van der Waals surface area contributed by atoms with Crippen LogP contribution in [0.5, 0.6) is 5.75 Å². The molecular weight excluding hydrogens is 417 g/mol. The Morgan fingerprint density at radius 2 is 2.00 bits per heavy atom. The van der Waals surface area contributed by atoms with Crippen LogP contribution in [0.3, 0.4) is 0 Å². The highest BCUT2D eigenvalue weighted by atomic mass is 32.2. The minimum Gasteiger partial charge on any atom is -0.496 e. The molecule has 170 valence electrons. The lowest BCUT2D eigenvalue weighted by molar-refractivity contribution is -0.122. The number of hydrogen-bond acceptors (Lipinski definition) is 6. The minimum atomic E-state index is -3.22. The van der Waals surface area contributed by atoms with Crippen molar-refractivity contribution in [2.24, 2.45) is 0 Å². The summed E-state index contributed by atoms with van der Waals surface area (Å²) in [5.74, 6) is -0.331. The molecule has 1 aromatic carbocycles. The molecule has 2 rings (SSSR count). The lowest BCUT2D eigenvalue weighted by Gasteiger charge is -2.28. The van der Waals surface area contributed by atoms with E-state index in [4.69, 9.17) is 14.6 Å². The third-order valence-corrected chi connectivity index (χ3v) is 6.18. The molecule has 1 fully saturated rings. The van der Waals surface area contributed by atoms with Gasteiger partial charge < -0.3 is 14.7 Å². The Hall–Kier alpha value is -2.24. The van der Waals surface area contributed by atoms with Crippen molar-refractivity contribution in [3.63, 3.8) is 0 Å². The fourth-order valence-corrected chi connectivity index (χ4v) is 3.78. The molecule has 0 aliphatic carbocycles. The molecule has 0 aromatic heterocycles. The van der Waals surface area contributed by atoms with E-state index in [0.717, 1.165) is 13.0 Å². The smallest absolute Gasteiger partial charge is 0.290 e. The van der Waals surface area contributed by atoms with E-state index < -0.39 is 15.8 Å². The lowest BCUT2D eigenvalue weighted by Crippen LogP contribution is -2.44. The summed E-state index contributed by atoms with van der Waals surface area (Å²) < 4.78 is 44.6. The van der Waals surface area contributed by atoms with Gasteiger partial charge in [-0.2, -0.15) is 0 Å². The molecule has 11 heteroatoms. The van der Waals surface area contributed by atoms with E-state index in [2.05, 4.69) is 9.62 Å². The molecule has 9 nitrogen and oxygen atoms in total. The first-order valence-corrected chi connectivity index (χ1v) is 11.3. The average Bonchev–Trinajstić information content (AvgIpc) is 2.98. The Balaban J connectivity index is 0.00000141. The maximum Gasteiger partial charge on any atom is 0.290 e. The normalized spacial score (nSPS) is 16.1. The van der Waals surface area contributed by atoms with E-state index in [-0.39, 0.29) is 29.7 Å². The molecule has 0 radical (unpaired) electrons. The second-order valence-electron chi connectivity index (χ2n) is 6.73. The predicted octanol–water partition coefficient (Wildman–Crippen LogP) is 1.01. The Morgan fingerprint density at radius 1 is 1.33 bits per heavy atom. The van der Waals surface area contributed by atoms with Crippen molar-refractivity contribution in [2.75, 3.05) is 45.6 Å².